The number of benzene rings is 1. The van der Waals surface area contributed by atoms with Gasteiger partial charge in [-0.25, -0.2) is 4.98 Å². The summed E-state index contributed by atoms with van der Waals surface area (Å²) in [6.45, 7) is 1.37. The van der Waals surface area contributed by atoms with Gasteiger partial charge < -0.3 is 20.5 Å². The van der Waals surface area contributed by atoms with Crippen LogP contribution in [0.25, 0.3) is 22.3 Å². The van der Waals surface area contributed by atoms with E-state index in [0.29, 0.717) is 35.4 Å². The molecule has 0 unspecified atom stereocenters. The van der Waals surface area contributed by atoms with Crippen molar-refractivity contribution in [3.8, 4) is 17.0 Å². The fourth-order valence-corrected chi connectivity index (χ4v) is 3.19. The number of nitrogens with zero attached hydrogens (tertiary/aromatic N) is 2. The first-order valence-electron chi connectivity index (χ1n) is 8.33. The van der Waals surface area contributed by atoms with Crippen molar-refractivity contribution in [2.24, 2.45) is 0 Å². The van der Waals surface area contributed by atoms with Crippen molar-refractivity contribution in [2.45, 2.75) is 12.1 Å². The van der Waals surface area contributed by atoms with Crippen LogP contribution in [0.1, 0.15) is 10.4 Å². The first-order chi connectivity index (χ1) is 12.7. The number of fused-ring (bicyclic) bond motifs is 1. The lowest BCUT2D eigenvalue weighted by Gasteiger charge is -2.19. The third-order valence-corrected chi connectivity index (χ3v) is 4.61. The van der Waals surface area contributed by atoms with Crippen molar-refractivity contribution < 1.29 is 14.6 Å². The molecule has 0 aliphatic carbocycles. The van der Waals surface area contributed by atoms with Crippen LogP contribution in [-0.4, -0.2) is 58.5 Å². The molecule has 26 heavy (non-hydrogen) atoms. The Kier molecular flexibility index (Phi) is 4.27. The van der Waals surface area contributed by atoms with Gasteiger partial charge in [-0.15, -0.1) is 0 Å². The smallest absolute Gasteiger partial charge is 0.252 e. The van der Waals surface area contributed by atoms with E-state index in [-0.39, 0.29) is 23.8 Å². The van der Waals surface area contributed by atoms with Crippen LogP contribution in [0.4, 0.5) is 0 Å². The van der Waals surface area contributed by atoms with Crippen molar-refractivity contribution in [1.29, 1.82) is 0 Å². The summed E-state index contributed by atoms with van der Waals surface area (Å²) in [6.07, 6.45) is 1.54. The summed E-state index contributed by atoms with van der Waals surface area (Å²) in [6, 6.07) is 8.32. The largest absolute Gasteiger partial charge is 0.508 e. The van der Waals surface area contributed by atoms with Crippen LogP contribution in [0.2, 0.25) is 0 Å². The lowest BCUT2D eigenvalue weighted by atomic mass is 10.1. The summed E-state index contributed by atoms with van der Waals surface area (Å²) >= 11 is 0. The van der Waals surface area contributed by atoms with Gasteiger partial charge in [-0.05, 0) is 30.3 Å². The van der Waals surface area contributed by atoms with Gasteiger partial charge in [0.05, 0.1) is 35.0 Å². The number of H-pyrrole nitrogens is 1. The molecule has 0 bridgehead atoms. The van der Waals surface area contributed by atoms with E-state index < -0.39 is 0 Å². The number of carbonyl (C=O) groups excluding carboxylic acids is 1. The number of aromatic amines is 1. The summed E-state index contributed by atoms with van der Waals surface area (Å²) in [5.41, 5.74) is 2.45. The number of nitrogens with one attached hydrogen (secondary N) is 3. The molecule has 0 saturated carbocycles. The van der Waals surface area contributed by atoms with Crippen molar-refractivity contribution >= 4 is 16.9 Å². The number of amides is 1. The second kappa shape index (κ2) is 6.74. The number of hydrogen-bond donors (Lipinski definition) is 4. The van der Waals surface area contributed by atoms with Gasteiger partial charge in [-0.2, -0.15) is 5.10 Å². The summed E-state index contributed by atoms with van der Waals surface area (Å²) in [4.78, 5) is 17.4. The lowest BCUT2D eigenvalue weighted by Crippen LogP contribution is -2.43. The number of hydrogen-bond acceptors (Lipinski definition) is 6. The summed E-state index contributed by atoms with van der Waals surface area (Å²) in [7, 11) is 1.64. The predicted molar refractivity (Wildman–Crippen MR) is 95.9 cm³/mol. The van der Waals surface area contributed by atoms with E-state index in [4.69, 9.17) is 4.74 Å². The Bertz CT molecular complexity index is 938. The maximum atomic E-state index is 12.9. The fraction of sp³-hybridized carbons (Fsp3) is 0.278. The zero-order valence-corrected chi connectivity index (χ0v) is 14.2. The van der Waals surface area contributed by atoms with Crippen molar-refractivity contribution in [3.63, 3.8) is 0 Å². The minimum absolute atomic E-state index is 0.0582. The average Bonchev–Trinajstić information content (AvgIpc) is 3.30. The van der Waals surface area contributed by atoms with Gasteiger partial charge in [0.15, 0.2) is 5.65 Å². The highest BCUT2D eigenvalue weighted by Crippen LogP contribution is 2.25. The average molecular weight is 353 g/mol. The van der Waals surface area contributed by atoms with E-state index in [1.807, 2.05) is 0 Å². The zero-order chi connectivity index (χ0) is 18.1. The van der Waals surface area contributed by atoms with Crippen LogP contribution in [0.15, 0.2) is 36.5 Å². The number of aromatic hydroxyl groups is 1. The number of carbonyl (C=O) groups is 1. The van der Waals surface area contributed by atoms with Gasteiger partial charge in [0.1, 0.15) is 5.75 Å². The van der Waals surface area contributed by atoms with E-state index in [2.05, 4.69) is 25.8 Å². The van der Waals surface area contributed by atoms with E-state index in [0.717, 1.165) is 5.56 Å². The Balaban J connectivity index is 1.70. The molecule has 1 amide bonds. The minimum Gasteiger partial charge on any atom is -0.508 e. The van der Waals surface area contributed by atoms with Gasteiger partial charge >= 0.3 is 0 Å². The molecule has 4 rings (SSSR count). The summed E-state index contributed by atoms with van der Waals surface area (Å²) in [5.74, 6) is -0.0248. The normalized spacial score (nSPS) is 19.7. The second-order valence-electron chi connectivity index (χ2n) is 6.25. The van der Waals surface area contributed by atoms with Crippen LogP contribution >= 0.6 is 0 Å². The number of phenols is 1. The van der Waals surface area contributed by atoms with Crippen LogP contribution in [-0.2, 0) is 4.74 Å². The van der Waals surface area contributed by atoms with Crippen molar-refractivity contribution in [1.82, 2.24) is 25.8 Å². The molecule has 1 aliphatic heterocycles. The topological polar surface area (TPSA) is 112 Å². The molecule has 8 heteroatoms. The number of aromatic nitrogens is 3. The minimum atomic E-state index is -0.199. The Morgan fingerprint density at radius 1 is 1.31 bits per heavy atom. The number of pyridine rings is 1. The van der Waals surface area contributed by atoms with E-state index >= 15 is 0 Å². The molecule has 134 valence electrons. The van der Waals surface area contributed by atoms with Gasteiger partial charge in [-0.1, -0.05) is 0 Å². The Morgan fingerprint density at radius 3 is 2.88 bits per heavy atom. The first-order valence-corrected chi connectivity index (χ1v) is 8.33. The molecule has 8 nitrogen and oxygen atoms in total. The van der Waals surface area contributed by atoms with E-state index in [1.54, 1.807) is 43.6 Å². The molecule has 4 N–H and O–H groups in total. The zero-order valence-electron chi connectivity index (χ0n) is 14.2. The number of methoxy groups -OCH3 is 1. The molecular formula is C18H19N5O3. The molecule has 0 spiro atoms. The molecule has 1 saturated heterocycles. The monoisotopic (exact) mass is 353 g/mol. The molecule has 2 atom stereocenters. The molecule has 1 fully saturated rings. The summed E-state index contributed by atoms with van der Waals surface area (Å²) in [5, 5.41) is 23.2. The maximum absolute atomic E-state index is 12.9. The molecule has 3 heterocycles. The molecular weight excluding hydrogens is 334 g/mol. The molecule has 3 aromatic rings. The number of phenolic OH excluding ortho intramolecular Hbond substituents is 1. The van der Waals surface area contributed by atoms with Crippen LogP contribution in [0, 0.1) is 0 Å². The molecule has 1 aromatic carbocycles. The first kappa shape index (κ1) is 16.5. The van der Waals surface area contributed by atoms with Gasteiger partial charge in [-0.3, -0.25) is 9.89 Å². The van der Waals surface area contributed by atoms with Gasteiger partial charge in [0, 0.05) is 25.8 Å². The van der Waals surface area contributed by atoms with Gasteiger partial charge in [0.2, 0.25) is 0 Å². The molecule has 1 aliphatic rings. The highest BCUT2D eigenvalue weighted by molar-refractivity contribution is 6.06. The van der Waals surface area contributed by atoms with Gasteiger partial charge in [0.25, 0.3) is 5.91 Å². The number of ether oxygens (including phenoxy) is 1. The SMILES string of the molecule is CO[C@@H]1CNC[C@H]1NC(=O)c1cc(-c2ccc(O)cc2)nc2[nH]ncc12. The predicted octanol–water partition coefficient (Wildman–Crippen LogP) is 1.05. The molecule has 0 radical (unpaired) electrons. The number of rotatable bonds is 4. The van der Waals surface area contributed by atoms with E-state index in [9.17, 15) is 9.90 Å². The van der Waals surface area contributed by atoms with Crippen molar-refractivity contribution in [3.05, 3.63) is 42.1 Å². The van der Waals surface area contributed by atoms with Crippen molar-refractivity contribution in [2.75, 3.05) is 20.2 Å². The lowest BCUT2D eigenvalue weighted by molar-refractivity contribution is 0.0781. The standard InChI is InChI=1S/C18H19N5O3/c1-26-16-9-19-8-15(16)22-18(25)12-6-14(10-2-4-11(24)5-3-10)21-17-13(12)7-20-23-17/h2-7,15-16,19,24H,8-9H2,1H3,(H,22,25)(H,20,21,23)/t15-,16-/m1/s1. The fourth-order valence-electron chi connectivity index (χ4n) is 3.19. The summed E-state index contributed by atoms with van der Waals surface area (Å²) < 4.78 is 5.41. The van der Waals surface area contributed by atoms with Crippen LogP contribution in [0.3, 0.4) is 0 Å². The van der Waals surface area contributed by atoms with Crippen LogP contribution in [0.5, 0.6) is 5.75 Å². The third-order valence-electron chi connectivity index (χ3n) is 4.61. The Hall–Kier alpha value is -2.97. The highest BCUT2D eigenvalue weighted by atomic mass is 16.5. The molecule has 2 aromatic heterocycles. The maximum Gasteiger partial charge on any atom is 0.252 e. The highest BCUT2D eigenvalue weighted by Gasteiger charge is 2.29. The Morgan fingerprint density at radius 2 is 2.12 bits per heavy atom. The second-order valence-corrected chi connectivity index (χ2v) is 6.25. The third kappa shape index (κ3) is 3.00. The van der Waals surface area contributed by atoms with E-state index in [1.165, 1.54) is 0 Å². The van der Waals surface area contributed by atoms with Crippen LogP contribution < -0.4 is 10.6 Å². The quantitative estimate of drug-likeness (QED) is 0.558. The Labute approximate surface area is 149 Å².